The van der Waals surface area contributed by atoms with Gasteiger partial charge in [0.2, 0.25) is 5.91 Å². The summed E-state index contributed by atoms with van der Waals surface area (Å²) in [7, 11) is 1.80. The van der Waals surface area contributed by atoms with Crippen LogP contribution in [0.15, 0.2) is 64.7 Å². The van der Waals surface area contributed by atoms with Gasteiger partial charge in [-0.15, -0.1) is 0 Å². The number of carbonyl (C=O) groups is 1. The van der Waals surface area contributed by atoms with Gasteiger partial charge in [0.15, 0.2) is 10.8 Å². The van der Waals surface area contributed by atoms with Crippen molar-refractivity contribution in [3.63, 3.8) is 0 Å². The van der Waals surface area contributed by atoms with Gasteiger partial charge in [-0.3, -0.25) is 14.2 Å². The molecule has 0 fully saturated rings. The van der Waals surface area contributed by atoms with Gasteiger partial charge >= 0.3 is 0 Å². The fourth-order valence-electron chi connectivity index (χ4n) is 4.30. The lowest BCUT2D eigenvalue weighted by molar-refractivity contribution is -0.131. The van der Waals surface area contributed by atoms with Gasteiger partial charge in [0.25, 0.3) is 5.56 Å². The molecule has 1 amide bonds. The number of carbonyl (C=O) groups excluding carboxylic acids is 1. The number of fused-ring (bicyclic) bond motifs is 2. The largest absolute Gasteiger partial charge is 0.341 e. The Balaban J connectivity index is 1.43. The zero-order valence-corrected chi connectivity index (χ0v) is 19.7. The third-order valence-corrected chi connectivity index (χ3v) is 7.15. The Morgan fingerprint density at radius 2 is 1.97 bits per heavy atom. The number of thioether (sulfide) groups is 1. The molecule has 2 aromatic carbocycles. The maximum atomic E-state index is 13.4. The zero-order chi connectivity index (χ0) is 23.1. The number of benzene rings is 2. The Kier molecular flexibility index (Phi) is 5.54. The summed E-state index contributed by atoms with van der Waals surface area (Å²) in [5, 5.41) is 5.58. The number of rotatable bonds is 5. The number of amides is 1. The zero-order valence-electron chi connectivity index (χ0n) is 18.9. The Morgan fingerprint density at radius 1 is 1.18 bits per heavy atom. The lowest BCUT2D eigenvalue weighted by Gasteiger charge is -2.20. The van der Waals surface area contributed by atoms with Crippen molar-refractivity contribution in [2.75, 3.05) is 12.8 Å². The molecule has 7 nitrogen and oxygen atoms in total. The van der Waals surface area contributed by atoms with Gasteiger partial charge < -0.3 is 4.90 Å². The first-order chi connectivity index (χ1) is 15.9. The standard InChI is InChI=1S/C25H25N5O2S/c1-16-9-10-21(17(2)11-16)30-23-20(13-26-30)24(32)29-19(15-33-25(29)27-23)12-22(31)28(3)14-18-7-5-4-6-8-18/h4-11,13,19H,12,14-15H2,1-3H3. The minimum Gasteiger partial charge on any atom is -0.341 e. The van der Waals surface area contributed by atoms with Crippen molar-refractivity contribution in [1.29, 1.82) is 0 Å². The van der Waals surface area contributed by atoms with Crippen LogP contribution >= 0.6 is 11.8 Å². The molecule has 4 aromatic rings. The van der Waals surface area contributed by atoms with Crippen LogP contribution in [0.1, 0.15) is 29.2 Å². The van der Waals surface area contributed by atoms with E-state index in [0.29, 0.717) is 28.5 Å². The molecule has 8 heteroatoms. The molecular weight excluding hydrogens is 434 g/mol. The van der Waals surface area contributed by atoms with Crippen molar-refractivity contribution in [3.05, 3.63) is 81.8 Å². The van der Waals surface area contributed by atoms with E-state index in [9.17, 15) is 9.59 Å². The van der Waals surface area contributed by atoms with Crippen molar-refractivity contribution in [1.82, 2.24) is 24.2 Å². The van der Waals surface area contributed by atoms with Gasteiger partial charge in [0.1, 0.15) is 5.39 Å². The highest BCUT2D eigenvalue weighted by molar-refractivity contribution is 7.99. The van der Waals surface area contributed by atoms with E-state index in [-0.39, 0.29) is 23.9 Å². The van der Waals surface area contributed by atoms with E-state index >= 15 is 0 Å². The molecule has 1 atom stereocenters. The summed E-state index contributed by atoms with van der Waals surface area (Å²) in [5.74, 6) is 0.659. The van der Waals surface area contributed by atoms with Crippen molar-refractivity contribution < 1.29 is 4.79 Å². The van der Waals surface area contributed by atoms with Crippen LogP contribution in [0.25, 0.3) is 16.7 Å². The summed E-state index contributed by atoms with van der Waals surface area (Å²) in [5.41, 5.74) is 4.64. The fraction of sp³-hybridized carbons (Fsp3) is 0.280. The Bertz CT molecular complexity index is 1410. The molecule has 0 aliphatic carbocycles. The van der Waals surface area contributed by atoms with E-state index in [1.54, 1.807) is 27.4 Å². The summed E-state index contributed by atoms with van der Waals surface area (Å²) in [6.45, 7) is 4.62. The van der Waals surface area contributed by atoms with Crippen molar-refractivity contribution in [3.8, 4) is 5.69 Å². The molecule has 2 aromatic heterocycles. The molecule has 0 N–H and O–H groups in total. The Labute approximate surface area is 196 Å². The van der Waals surface area contributed by atoms with E-state index in [1.807, 2.05) is 56.3 Å². The van der Waals surface area contributed by atoms with Crippen LogP contribution in [0.5, 0.6) is 0 Å². The van der Waals surface area contributed by atoms with Gasteiger partial charge in [-0.05, 0) is 31.0 Å². The maximum Gasteiger partial charge on any atom is 0.265 e. The summed E-state index contributed by atoms with van der Waals surface area (Å²) in [6.07, 6.45) is 1.85. The number of hydrogen-bond acceptors (Lipinski definition) is 5. The first-order valence-corrected chi connectivity index (χ1v) is 11.9. The van der Waals surface area contributed by atoms with Crippen molar-refractivity contribution in [2.45, 2.75) is 38.0 Å². The lowest BCUT2D eigenvalue weighted by atomic mass is 10.1. The summed E-state index contributed by atoms with van der Waals surface area (Å²) in [4.78, 5) is 32.8. The van der Waals surface area contributed by atoms with Crippen LogP contribution in [0.4, 0.5) is 0 Å². The van der Waals surface area contributed by atoms with Crippen LogP contribution in [0, 0.1) is 13.8 Å². The smallest absolute Gasteiger partial charge is 0.265 e. The molecule has 1 aliphatic heterocycles. The Hall–Kier alpha value is -3.39. The predicted molar refractivity (Wildman–Crippen MR) is 130 cm³/mol. The molecule has 0 bridgehead atoms. The average Bonchev–Trinajstić information content (AvgIpc) is 3.39. The predicted octanol–water partition coefficient (Wildman–Crippen LogP) is 3.89. The molecular formula is C25H25N5O2S. The molecule has 1 aliphatic rings. The third-order valence-electron chi connectivity index (χ3n) is 6.05. The van der Waals surface area contributed by atoms with Gasteiger partial charge in [0.05, 0.1) is 17.9 Å². The second kappa shape index (κ2) is 8.51. The van der Waals surface area contributed by atoms with Crippen LogP contribution in [-0.2, 0) is 11.3 Å². The molecule has 0 saturated heterocycles. The lowest BCUT2D eigenvalue weighted by Crippen LogP contribution is -2.31. The monoisotopic (exact) mass is 459 g/mol. The van der Waals surface area contributed by atoms with E-state index in [4.69, 9.17) is 4.98 Å². The van der Waals surface area contributed by atoms with Gasteiger partial charge in [-0.1, -0.05) is 59.8 Å². The molecule has 0 radical (unpaired) electrons. The highest BCUT2D eigenvalue weighted by Crippen LogP contribution is 2.34. The molecule has 5 rings (SSSR count). The molecule has 0 spiro atoms. The van der Waals surface area contributed by atoms with Crippen LogP contribution < -0.4 is 5.56 Å². The van der Waals surface area contributed by atoms with E-state index in [1.165, 1.54) is 17.3 Å². The molecule has 168 valence electrons. The van der Waals surface area contributed by atoms with Gasteiger partial charge in [-0.25, -0.2) is 9.67 Å². The molecule has 1 unspecified atom stereocenters. The molecule has 3 heterocycles. The number of aromatic nitrogens is 4. The van der Waals surface area contributed by atoms with E-state index in [2.05, 4.69) is 11.2 Å². The second-order valence-electron chi connectivity index (χ2n) is 8.56. The van der Waals surface area contributed by atoms with Gasteiger partial charge in [0, 0.05) is 25.8 Å². The van der Waals surface area contributed by atoms with Crippen LogP contribution in [0.3, 0.4) is 0 Å². The SMILES string of the molecule is Cc1ccc(-n2ncc3c(=O)n4c(nc32)SCC4CC(=O)N(C)Cc2ccccc2)c(C)c1. The number of nitrogens with zero attached hydrogens (tertiary/aromatic N) is 5. The highest BCUT2D eigenvalue weighted by atomic mass is 32.2. The second-order valence-corrected chi connectivity index (χ2v) is 9.54. The van der Waals surface area contributed by atoms with Crippen molar-refractivity contribution in [2.24, 2.45) is 0 Å². The first kappa shape index (κ1) is 21.5. The minimum absolute atomic E-state index is 0.00951. The number of hydrogen-bond donors (Lipinski definition) is 0. The van der Waals surface area contributed by atoms with Gasteiger partial charge in [-0.2, -0.15) is 5.10 Å². The Morgan fingerprint density at radius 3 is 2.73 bits per heavy atom. The average molecular weight is 460 g/mol. The van der Waals surface area contributed by atoms with Crippen molar-refractivity contribution >= 4 is 28.7 Å². The van der Waals surface area contributed by atoms with E-state index < -0.39 is 0 Å². The summed E-state index contributed by atoms with van der Waals surface area (Å²) >= 11 is 1.52. The van der Waals surface area contributed by atoms with E-state index in [0.717, 1.165) is 16.8 Å². The maximum absolute atomic E-state index is 13.4. The van der Waals surface area contributed by atoms with Crippen LogP contribution in [-0.4, -0.2) is 42.9 Å². The quantitative estimate of drug-likeness (QED) is 0.423. The fourth-order valence-corrected chi connectivity index (χ4v) is 5.43. The highest BCUT2D eigenvalue weighted by Gasteiger charge is 2.30. The normalized spacial score (nSPS) is 15.1. The minimum atomic E-state index is -0.218. The topological polar surface area (TPSA) is 73.0 Å². The first-order valence-electron chi connectivity index (χ1n) is 10.9. The van der Waals surface area contributed by atoms with Crippen LogP contribution in [0.2, 0.25) is 0 Å². The summed E-state index contributed by atoms with van der Waals surface area (Å²) in [6, 6.07) is 15.8. The summed E-state index contributed by atoms with van der Waals surface area (Å²) < 4.78 is 3.41. The third kappa shape index (κ3) is 3.95. The molecule has 0 saturated carbocycles. The number of aryl methyl sites for hydroxylation is 2. The molecule has 33 heavy (non-hydrogen) atoms.